The molecule has 3 nitrogen and oxygen atoms in total. The fourth-order valence-corrected chi connectivity index (χ4v) is 1.42. The molecule has 0 spiro atoms. The summed E-state index contributed by atoms with van der Waals surface area (Å²) in [5.41, 5.74) is 0. The van der Waals surface area contributed by atoms with Crippen LogP contribution in [-0.4, -0.2) is 8.42 Å². The van der Waals surface area contributed by atoms with Gasteiger partial charge in [-0.15, -0.1) is 0 Å². The number of hydrogen-bond acceptors (Lipinski definition) is 2. The van der Waals surface area contributed by atoms with E-state index in [4.69, 9.17) is 5.14 Å². The summed E-state index contributed by atoms with van der Waals surface area (Å²) in [5.74, 6) is 0.250. The van der Waals surface area contributed by atoms with Gasteiger partial charge in [0.2, 0.25) is 10.0 Å². The summed E-state index contributed by atoms with van der Waals surface area (Å²) < 4.78 is 21.7. The highest BCUT2D eigenvalue weighted by Gasteiger charge is 2.08. The molecule has 66 valence electrons. The van der Waals surface area contributed by atoms with E-state index in [2.05, 4.69) is 0 Å². The van der Waals surface area contributed by atoms with Crippen molar-refractivity contribution >= 4 is 10.0 Å². The van der Waals surface area contributed by atoms with E-state index in [1.54, 1.807) is 12.2 Å². The first-order valence-corrected chi connectivity index (χ1v) is 5.14. The van der Waals surface area contributed by atoms with Crippen molar-refractivity contribution in [3.63, 3.8) is 0 Å². The second-order valence-electron chi connectivity index (χ2n) is 2.72. The number of allylic oxidation sites excluding steroid dienone is 5. The van der Waals surface area contributed by atoms with E-state index < -0.39 is 10.0 Å². The van der Waals surface area contributed by atoms with Gasteiger partial charge in [-0.1, -0.05) is 25.2 Å². The molecule has 0 saturated carbocycles. The first-order valence-electron chi connectivity index (χ1n) is 3.59. The Morgan fingerprint density at radius 1 is 1.42 bits per heavy atom. The second kappa shape index (κ2) is 3.25. The molecule has 1 rings (SSSR count). The molecule has 0 fully saturated rings. The molecular formula is C8H11NO2S. The normalized spacial score (nSPS) is 23.5. The SMILES string of the molecule is CC1C=CC=C(S(N)(=O)=O)C=C1. The Morgan fingerprint density at radius 3 is 2.67 bits per heavy atom. The molecule has 12 heavy (non-hydrogen) atoms. The van der Waals surface area contributed by atoms with Gasteiger partial charge in [0.05, 0.1) is 4.91 Å². The van der Waals surface area contributed by atoms with Gasteiger partial charge in [0.1, 0.15) is 0 Å². The van der Waals surface area contributed by atoms with Gasteiger partial charge in [-0.3, -0.25) is 0 Å². The van der Waals surface area contributed by atoms with Crippen LogP contribution in [0.2, 0.25) is 0 Å². The monoisotopic (exact) mass is 185 g/mol. The molecule has 0 heterocycles. The molecule has 4 heteroatoms. The van der Waals surface area contributed by atoms with Crippen LogP contribution in [0.25, 0.3) is 0 Å². The topological polar surface area (TPSA) is 60.2 Å². The van der Waals surface area contributed by atoms with Crippen molar-refractivity contribution in [2.24, 2.45) is 11.1 Å². The lowest BCUT2D eigenvalue weighted by molar-refractivity contribution is 0.604. The van der Waals surface area contributed by atoms with E-state index in [-0.39, 0.29) is 10.8 Å². The molecule has 0 aromatic carbocycles. The zero-order valence-corrected chi connectivity index (χ0v) is 7.58. The number of nitrogens with two attached hydrogens (primary N) is 1. The Kier molecular flexibility index (Phi) is 2.49. The molecule has 0 saturated heterocycles. The van der Waals surface area contributed by atoms with Crippen LogP contribution >= 0.6 is 0 Å². The van der Waals surface area contributed by atoms with Crippen LogP contribution in [0.4, 0.5) is 0 Å². The van der Waals surface area contributed by atoms with Crippen LogP contribution < -0.4 is 5.14 Å². The maximum Gasteiger partial charge on any atom is 0.238 e. The summed E-state index contributed by atoms with van der Waals surface area (Å²) in [4.78, 5) is 0.156. The maximum absolute atomic E-state index is 10.9. The summed E-state index contributed by atoms with van der Waals surface area (Å²) in [5, 5.41) is 4.94. The molecule has 0 amide bonds. The van der Waals surface area contributed by atoms with Gasteiger partial charge in [0.25, 0.3) is 0 Å². The lowest BCUT2D eigenvalue weighted by Crippen LogP contribution is -2.13. The van der Waals surface area contributed by atoms with Crippen LogP contribution in [0.15, 0.2) is 35.3 Å². The third-order valence-corrected chi connectivity index (χ3v) is 2.50. The molecular weight excluding hydrogens is 174 g/mol. The van der Waals surface area contributed by atoms with Crippen molar-refractivity contribution < 1.29 is 8.42 Å². The van der Waals surface area contributed by atoms with Gasteiger partial charge in [-0.05, 0) is 18.1 Å². The molecule has 2 N–H and O–H groups in total. The van der Waals surface area contributed by atoms with E-state index in [1.165, 1.54) is 12.2 Å². The maximum atomic E-state index is 10.9. The summed E-state index contributed by atoms with van der Waals surface area (Å²) in [6, 6.07) is 0. The van der Waals surface area contributed by atoms with Crippen LogP contribution in [0.5, 0.6) is 0 Å². The zero-order chi connectivity index (χ0) is 9.19. The largest absolute Gasteiger partial charge is 0.238 e. The van der Waals surface area contributed by atoms with Gasteiger partial charge in [-0.25, -0.2) is 13.6 Å². The third-order valence-electron chi connectivity index (χ3n) is 1.57. The lowest BCUT2D eigenvalue weighted by atomic mass is 10.2. The molecule has 1 unspecified atom stereocenters. The van der Waals surface area contributed by atoms with Gasteiger partial charge >= 0.3 is 0 Å². The average molecular weight is 185 g/mol. The van der Waals surface area contributed by atoms with Gasteiger partial charge in [-0.2, -0.15) is 0 Å². The number of rotatable bonds is 1. The van der Waals surface area contributed by atoms with Crippen molar-refractivity contribution in [2.45, 2.75) is 6.92 Å². The van der Waals surface area contributed by atoms with Gasteiger partial charge < -0.3 is 0 Å². The fraction of sp³-hybridized carbons (Fsp3) is 0.250. The Bertz CT molecular complexity index is 349. The predicted octanol–water partition coefficient (Wildman–Crippen LogP) is 0.921. The molecule has 1 aliphatic rings. The van der Waals surface area contributed by atoms with Crippen LogP contribution in [0, 0.1) is 5.92 Å². The molecule has 0 bridgehead atoms. The quantitative estimate of drug-likeness (QED) is 0.660. The minimum absolute atomic E-state index is 0.156. The predicted molar refractivity (Wildman–Crippen MR) is 48.6 cm³/mol. The number of primary sulfonamides is 1. The molecule has 0 aromatic heterocycles. The fourth-order valence-electron chi connectivity index (χ4n) is 0.882. The first kappa shape index (κ1) is 9.22. The van der Waals surface area contributed by atoms with E-state index in [0.717, 1.165) is 0 Å². The molecule has 0 aliphatic heterocycles. The zero-order valence-electron chi connectivity index (χ0n) is 6.77. The molecule has 1 atom stereocenters. The summed E-state index contributed by atoms with van der Waals surface area (Å²) in [6.07, 6.45) is 8.41. The van der Waals surface area contributed by atoms with E-state index in [0.29, 0.717) is 0 Å². The number of hydrogen-bond donors (Lipinski definition) is 1. The molecule has 1 aliphatic carbocycles. The summed E-state index contributed by atoms with van der Waals surface area (Å²) in [7, 11) is -3.55. The second-order valence-corrected chi connectivity index (χ2v) is 4.28. The summed E-state index contributed by atoms with van der Waals surface area (Å²) in [6.45, 7) is 1.97. The Balaban J connectivity index is 3.04. The molecule has 0 aromatic rings. The van der Waals surface area contributed by atoms with E-state index in [9.17, 15) is 8.42 Å². The van der Waals surface area contributed by atoms with Crippen LogP contribution in [0.1, 0.15) is 6.92 Å². The van der Waals surface area contributed by atoms with Crippen LogP contribution in [-0.2, 0) is 10.0 Å². The van der Waals surface area contributed by atoms with Crippen molar-refractivity contribution in [3.8, 4) is 0 Å². The third kappa shape index (κ3) is 2.32. The standard InChI is InChI=1S/C8H11NO2S/c1-7-3-2-4-8(6-5-7)12(9,10)11/h2-7H,1H3,(H2,9,10,11). The first-order chi connectivity index (χ1) is 5.50. The highest BCUT2D eigenvalue weighted by atomic mass is 32.2. The Morgan fingerprint density at radius 2 is 2.08 bits per heavy atom. The smallest absolute Gasteiger partial charge is 0.225 e. The molecule has 0 radical (unpaired) electrons. The lowest BCUT2D eigenvalue weighted by Gasteiger charge is -1.95. The average Bonchev–Trinajstić information content (AvgIpc) is 2.11. The van der Waals surface area contributed by atoms with Gasteiger partial charge in [0, 0.05) is 0 Å². The Hall–Kier alpha value is -0.870. The van der Waals surface area contributed by atoms with Crippen molar-refractivity contribution in [1.29, 1.82) is 0 Å². The summed E-state index contributed by atoms with van der Waals surface area (Å²) >= 11 is 0. The highest BCUT2D eigenvalue weighted by Crippen LogP contribution is 2.11. The highest BCUT2D eigenvalue weighted by molar-refractivity contribution is 7.93. The number of sulfonamides is 1. The van der Waals surface area contributed by atoms with Crippen molar-refractivity contribution in [2.75, 3.05) is 0 Å². The van der Waals surface area contributed by atoms with Crippen molar-refractivity contribution in [1.82, 2.24) is 0 Å². The van der Waals surface area contributed by atoms with Crippen LogP contribution in [0.3, 0.4) is 0 Å². The van der Waals surface area contributed by atoms with Crippen molar-refractivity contribution in [3.05, 3.63) is 35.3 Å². The van der Waals surface area contributed by atoms with E-state index >= 15 is 0 Å². The van der Waals surface area contributed by atoms with Gasteiger partial charge in [0.15, 0.2) is 0 Å². The minimum Gasteiger partial charge on any atom is -0.225 e. The minimum atomic E-state index is -3.55. The Labute approximate surface area is 72.3 Å². The van der Waals surface area contributed by atoms with E-state index in [1.807, 2.05) is 13.0 Å².